The number of rotatable bonds is 5. The first kappa shape index (κ1) is 15.8. The van der Waals surface area contributed by atoms with Gasteiger partial charge in [-0.05, 0) is 36.2 Å². The maximum absolute atomic E-state index is 13.2. The van der Waals surface area contributed by atoms with Crippen LogP contribution in [0.2, 0.25) is 0 Å². The number of methoxy groups -OCH3 is 2. The molecule has 2 rings (SSSR count). The van der Waals surface area contributed by atoms with Gasteiger partial charge in [-0.15, -0.1) is 0 Å². The fourth-order valence-corrected chi connectivity index (χ4v) is 2.04. The molecule has 2 aromatic rings. The SMILES string of the molecule is COc1cc(OC)cc(C(=O)NCc2ccc(F)c(C)c2)c1. The Bertz CT molecular complexity index is 663. The highest BCUT2D eigenvalue weighted by molar-refractivity contribution is 5.95. The molecule has 0 atom stereocenters. The van der Waals surface area contributed by atoms with Crippen molar-refractivity contribution in [1.82, 2.24) is 5.32 Å². The van der Waals surface area contributed by atoms with Crippen LogP contribution in [0.5, 0.6) is 11.5 Å². The van der Waals surface area contributed by atoms with Gasteiger partial charge in [0.1, 0.15) is 17.3 Å². The van der Waals surface area contributed by atoms with Crippen LogP contribution in [0, 0.1) is 12.7 Å². The summed E-state index contributed by atoms with van der Waals surface area (Å²) in [6.07, 6.45) is 0. The molecule has 0 aromatic heterocycles. The lowest BCUT2D eigenvalue weighted by molar-refractivity contribution is 0.0950. The lowest BCUT2D eigenvalue weighted by atomic mass is 10.1. The summed E-state index contributed by atoms with van der Waals surface area (Å²) in [5, 5.41) is 2.79. The molecule has 1 N–H and O–H groups in total. The number of amides is 1. The highest BCUT2D eigenvalue weighted by Gasteiger charge is 2.10. The molecule has 0 radical (unpaired) electrons. The molecule has 0 spiro atoms. The fraction of sp³-hybridized carbons (Fsp3) is 0.235. The van der Waals surface area contributed by atoms with E-state index in [2.05, 4.69) is 5.32 Å². The molecule has 22 heavy (non-hydrogen) atoms. The van der Waals surface area contributed by atoms with Crippen molar-refractivity contribution in [3.8, 4) is 11.5 Å². The normalized spacial score (nSPS) is 10.2. The maximum Gasteiger partial charge on any atom is 0.251 e. The Morgan fingerprint density at radius 3 is 2.27 bits per heavy atom. The Morgan fingerprint density at radius 1 is 1.09 bits per heavy atom. The third-order valence-electron chi connectivity index (χ3n) is 3.29. The number of carbonyl (C=O) groups is 1. The first-order valence-corrected chi connectivity index (χ1v) is 6.80. The van der Waals surface area contributed by atoms with E-state index in [9.17, 15) is 9.18 Å². The van der Waals surface area contributed by atoms with Gasteiger partial charge in [-0.2, -0.15) is 0 Å². The van der Waals surface area contributed by atoms with E-state index >= 15 is 0 Å². The Kier molecular flexibility index (Phi) is 4.99. The summed E-state index contributed by atoms with van der Waals surface area (Å²) in [5.41, 5.74) is 1.83. The van der Waals surface area contributed by atoms with Crippen molar-refractivity contribution < 1.29 is 18.7 Å². The van der Waals surface area contributed by atoms with Gasteiger partial charge in [-0.1, -0.05) is 12.1 Å². The van der Waals surface area contributed by atoms with Crippen LogP contribution in [0.15, 0.2) is 36.4 Å². The van der Waals surface area contributed by atoms with E-state index in [0.717, 1.165) is 5.56 Å². The monoisotopic (exact) mass is 303 g/mol. The Labute approximate surface area is 128 Å². The predicted octanol–water partition coefficient (Wildman–Crippen LogP) is 3.08. The number of aryl methyl sites for hydroxylation is 1. The molecule has 0 saturated carbocycles. The second kappa shape index (κ2) is 6.93. The predicted molar refractivity (Wildman–Crippen MR) is 81.9 cm³/mol. The van der Waals surface area contributed by atoms with E-state index in [1.165, 1.54) is 20.3 Å². The summed E-state index contributed by atoms with van der Waals surface area (Å²) >= 11 is 0. The van der Waals surface area contributed by atoms with E-state index in [1.807, 2.05) is 0 Å². The standard InChI is InChI=1S/C17H18FNO3/c1-11-6-12(4-5-16(11)18)10-19-17(20)13-7-14(21-2)9-15(8-13)22-3/h4-9H,10H2,1-3H3,(H,19,20). The van der Waals surface area contributed by atoms with Gasteiger partial charge in [0.2, 0.25) is 0 Å². The average Bonchev–Trinajstić information content (AvgIpc) is 2.55. The van der Waals surface area contributed by atoms with Gasteiger partial charge in [0.25, 0.3) is 5.91 Å². The molecule has 2 aromatic carbocycles. The van der Waals surface area contributed by atoms with Crippen LogP contribution in [-0.2, 0) is 6.54 Å². The molecule has 1 amide bonds. The highest BCUT2D eigenvalue weighted by Crippen LogP contribution is 2.22. The number of carbonyl (C=O) groups excluding carboxylic acids is 1. The van der Waals surface area contributed by atoms with Crippen molar-refractivity contribution in [1.29, 1.82) is 0 Å². The van der Waals surface area contributed by atoms with Crippen LogP contribution >= 0.6 is 0 Å². The van der Waals surface area contributed by atoms with Crippen LogP contribution in [0.4, 0.5) is 4.39 Å². The smallest absolute Gasteiger partial charge is 0.251 e. The number of nitrogens with one attached hydrogen (secondary N) is 1. The highest BCUT2D eigenvalue weighted by atomic mass is 19.1. The van der Waals surface area contributed by atoms with Crippen LogP contribution in [-0.4, -0.2) is 20.1 Å². The minimum absolute atomic E-state index is 0.251. The molecule has 0 saturated heterocycles. The van der Waals surface area contributed by atoms with Gasteiger partial charge >= 0.3 is 0 Å². The summed E-state index contributed by atoms with van der Waals surface area (Å²) in [6.45, 7) is 2.01. The Morgan fingerprint density at radius 2 is 1.73 bits per heavy atom. The minimum atomic E-state index is -0.257. The minimum Gasteiger partial charge on any atom is -0.497 e. The number of hydrogen-bond donors (Lipinski definition) is 1. The fourth-order valence-electron chi connectivity index (χ4n) is 2.04. The average molecular weight is 303 g/mol. The molecule has 0 unspecified atom stereocenters. The Hall–Kier alpha value is -2.56. The maximum atomic E-state index is 13.2. The molecule has 4 nitrogen and oxygen atoms in total. The lowest BCUT2D eigenvalue weighted by Gasteiger charge is -2.10. The van der Waals surface area contributed by atoms with Gasteiger partial charge in [0.05, 0.1) is 14.2 Å². The van der Waals surface area contributed by atoms with Crippen molar-refractivity contribution in [2.24, 2.45) is 0 Å². The van der Waals surface area contributed by atoms with Crippen molar-refractivity contribution in [2.45, 2.75) is 13.5 Å². The molecule has 0 heterocycles. The van der Waals surface area contributed by atoms with E-state index < -0.39 is 0 Å². The van der Waals surface area contributed by atoms with E-state index in [0.29, 0.717) is 29.2 Å². The number of benzene rings is 2. The van der Waals surface area contributed by atoms with Gasteiger partial charge in [-0.3, -0.25) is 4.79 Å². The van der Waals surface area contributed by atoms with Crippen molar-refractivity contribution >= 4 is 5.91 Å². The summed E-state index contributed by atoms with van der Waals surface area (Å²) in [4.78, 5) is 12.2. The first-order valence-electron chi connectivity index (χ1n) is 6.80. The molecule has 0 fully saturated rings. The number of halogens is 1. The molecule has 116 valence electrons. The molecular formula is C17H18FNO3. The van der Waals surface area contributed by atoms with Crippen LogP contribution in [0.3, 0.4) is 0 Å². The summed E-state index contributed by atoms with van der Waals surface area (Å²) in [5.74, 6) is 0.580. The zero-order valence-electron chi connectivity index (χ0n) is 12.8. The van der Waals surface area contributed by atoms with Crippen molar-refractivity contribution in [3.05, 3.63) is 58.9 Å². The zero-order valence-corrected chi connectivity index (χ0v) is 12.8. The topological polar surface area (TPSA) is 47.6 Å². The van der Waals surface area contributed by atoms with Gasteiger partial charge in [-0.25, -0.2) is 4.39 Å². The van der Waals surface area contributed by atoms with Crippen molar-refractivity contribution in [2.75, 3.05) is 14.2 Å². The summed E-state index contributed by atoms with van der Waals surface area (Å²) in [6, 6.07) is 9.71. The van der Waals surface area contributed by atoms with Crippen LogP contribution in [0.1, 0.15) is 21.5 Å². The van der Waals surface area contributed by atoms with Gasteiger partial charge in [0.15, 0.2) is 0 Å². The van der Waals surface area contributed by atoms with Crippen molar-refractivity contribution in [3.63, 3.8) is 0 Å². The molecule has 5 heteroatoms. The largest absolute Gasteiger partial charge is 0.497 e. The summed E-state index contributed by atoms with van der Waals surface area (Å²) in [7, 11) is 3.05. The molecule has 0 aliphatic rings. The van der Waals surface area contributed by atoms with Gasteiger partial charge in [0, 0.05) is 18.2 Å². The third-order valence-corrected chi connectivity index (χ3v) is 3.29. The molecule has 0 aliphatic carbocycles. The molecule has 0 bridgehead atoms. The molecular weight excluding hydrogens is 285 g/mol. The van der Waals surface area contributed by atoms with Gasteiger partial charge < -0.3 is 14.8 Å². The lowest BCUT2D eigenvalue weighted by Crippen LogP contribution is -2.23. The quantitative estimate of drug-likeness (QED) is 0.923. The second-order valence-corrected chi connectivity index (χ2v) is 4.87. The molecule has 0 aliphatic heterocycles. The van der Waals surface area contributed by atoms with Crippen LogP contribution in [0.25, 0.3) is 0 Å². The number of hydrogen-bond acceptors (Lipinski definition) is 3. The summed E-state index contributed by atoms with van der Waals surface area (Å²) < 4.78 is 23.5. The van der Waals surface area contributed by atoms with E-state index in [-0.39, 0.29) is 11.7 Å². The van der Waals surface area contributed by atoms with E-state index in [4.69, 9.17) is 9.47 Å². The zero-order chi connectivity index (χ0) is 16.1. The van der Waals surface area contributed by atoms with E-state index in [1.54, 1.807) is 37.3 Å². The number of ether oxygens (including phenoxy) is 2. The Balaban J connectivity index is 2.10. The third kappa shape index (κ3) is 3.75. The second-order valence-electron chi connectivity index (χ2n) is 4.87. The van der Waals surface area contributed by atoms with Crippen LogP contribution < -0.4 is 14.8 Å². The first-order chi connectivity index (χ1) is 10.5.